The predicted molar refractivity (Wildman–Crippen MR) is 140 cm³/mol. The normalized spacial score (nSPS) is 13.6. The Hall–Kier alpha value is -4.38. The lowest BCUT2D eigenvalue weighted by molar-refractivity contribution is -0.120. The minimum Gasteiger partial charge on any atom is -0.491 e. The Morgan fingerprint density at radius 3 is 2.31 bits per heavy atom. The third kappa shape index (κ3) is 4.17. The summed E-state index contributed by atoms with van der Waals surface area (Å²) in [4.78, 5) is 28.9. The van der Waals surface area contributed by atoms with E-state index in [4.69, 9.17) is 4.74 Å². The first-order valence-electron chi connectivity index (χ1n) is 11.7. The molecule has 0 unspecified atom stereocenters. The van der Waals surface area contributed by atoms with Crippen LogP contribution < -0.4 is 15.0 Å². The fraction of sp³-hybridized carbons (Fsp3) is 0.133. The van der Waals surface area contributed by atoms with Crippen molar-refractivity contribution in [2.24, 2.45) is 0 Å². The highest BCUT2D eigenvalue weighted by molar-refractivity contribution is 6.46. The van der Waals surface area contributed by atoms with Crippen molar-refractivity contribution in [2.75, 3.05) is 16.8 Å². The van der Waals surface area contributed by atoms with Gasteiger partial charge < -0.3 is 10.1 Å². The van der Waals surface area contributed by atoms with Gasteiger partial charge >= 0.3 is 0 Å². The number of ether oxygens (including phenoxy) is 1. The molecule has 0 saturated heterocycles. The Morgan fingerprint density at radius 2 is 1.51 bits per heavy atom. The second-order valence-electron chi connectivity index (χ2n) is 8.53. The largest absolute Gasteiger partial charge is 0.491 e. The number of nitrogens with zero attached hydrogens (tertiary/aromatic N) is 1. The molecule has 0 bridgehead atoms. The average Bonchev–Trinajstić information content (AvgIpc) is 3.12. The summed E-state index contributed by atoms with van der Waals surface area (Å²) < 4.78 is 5.88. The van der Waals surface area contributed by atoms with Crippen LogP contribution in [0.25, 0.3) is 16.3 Å². The lowest BCUT2D eigenvalue weighted by atomic mass is 10.0. The van der Waals surface area contributed by atoms with Gasteiger partial charge in [-0.15, -0.1) is 0 Å². The summed E-state index contributed by atoms with van der Waals surface area (Å²) >= 11 is 0. The molecule has 4 aromatic carbocycles. The number of aryl methyl sites for hydroxylation is 1. The van der Waals surface area contributed by atoms with E-state index >= 15 is 0 Å². The first kappa shape index (κ1) is 22.4. The SMILES string of the molecule is CCCOc1ccccc1N1C(=O)C(Nc2cccc3ccccc23)=C(c2ccc(C)cc2)C1=O. The smallest absolute Gasteiger partial charge is 0.282 e. The van der Waals surface area contributed by atoms with Gasteiger partial charge in [-0.05, 0) is 42.5 Å². The second-order valence-corrected chi connectivity index (χ2v) is 8.53. The third-order valence-corrected chi connectivity index (χ3v) is 6.04. The highest BCUT2D eigenvalue weighted by Gasteiger charge is 2.41. The van der Waals surface area contributed by atoms with Crippen LogP contribution >= 0.6 is 0 Å². The van der Waals surface area contributed by atoms with E-state index in [1.807, 2.05) is 86.6 Å². The number of hydrogen-bond acceptors (Lipinski definition) is 4. The van der Waals surface area contributed by atoms with E-state index in [-0.39, 0.29) is 11.6 Å². The van der Waals surface area contributed by atoms with Gasteiger partial charge in [-0.1, -0.05) is 85.3 Å². The molecule has 0 fully saturated rings. The van der Waals surface area contributed by atoms with Crippen LogP contribution in [-0.4, -0.2) is 18.4 Å². The van der Waals surface area contributed by atoms with Crippen molar-refractivity contribution in [2.45, 2.75) is 20.3 Å². The Labute approximate surface area is 204 Å². The van der Waals surface area contributed by atoms with Gasteiger partial charge in [-0.25, -0.2) is 4.90 Å². The van der Waals surface area contributed by atoms with E-state index in [2.05, 4.69) is 5.32 Å². The molecular weight excluding hydrogens is 436 g/mol. The summed E-state index contributed by atoms with van der Waals surface area (Å²) in [6.07, 6.45) is 0.816. The summed E-state index contributed by atoms with van der Waals surface area (Å²) in [5.41, 5.74) is 3.56. The van der Waals surface area contributed by atoms with Gasteiger partial charge in [-0.2, -0.15) is 0 Å². The number of hydrogen-bond donors (Lipinski definition) is 1. The fourth-order valence-electron chi connectivity index (χ4n) is 4.30. The van der Waals surface area contributed by atoms with Crippen LogP contribution in [0.3, 0.4) is 0 Å². The fourth-order valence-corrected chi connectivity index (χ4v) is 4.30. The lowest BCUT2D eigenvalue weighted by Gasteiger charge is -2.19. The molecule has 4 aromatic rings. The van der Waals surface area contributed by atoms with E-state index < -0.39 is 5.91 Å². The molecule has 35 heavy (non-hydrogen) atoms. The molecule has 5 nitrogen and oxygen atoms in total. The number of nitrogens with one attached hydrogen (secondary N) is 1. The molecule has 174 valence electrons. The van der Waals surface area contributed by atoms with Gasteiger partial charge in [0.25, 0.3) is 11.8 Å². The van der Waals surface area contributed by atoms with Gasteiger partial charge in [0.15, 0.2) is 0 Å². The van der Waals surface area contributed by atoms with Crippen LogP contribution in [-0.2, 0) is 9.59 Å². The van der Waals surface area contributed by atoms with Gasteiger partial charge in [0, 0.05) is 11.1 Å². The number of anilines is 2. The zero-order valence-electron chi connectivity index (χ0n) is 19.7. The molecule has 1 N–H and O–H groups in total. The second kappa shape index (κ2) is 9.47. The Bertz CT molecular complexity index is 1450. The van der Waals surface area contributed by atoms with Gasteiger partial charge in [-0.3, -0.25) is 9.59 Å². The summed E-state index contributed by atoms with van der Waals surface area (Å²) in [7, 11) is 0. The predicted octanol–water partition coefficient (Wildman–Crippen LogP) is 6.33. The Kier molecular flexibility index (Phi) is 6.06. The minimum atomic E-state index is -0.411. The number of carbonyl (C=O) groups is 2. The monoisotopic (exact) mass is 462 g/mol. The Morgan fingerprint density at radius 1 is 0.800 bits per heavy atom. The standard InChI is InChI=1S/C30H26N2O3/c1-3-19-35-26-14-7-6-13-25(26)32-29(33)27(22-17-15-20(2)16-18-22)28(30(32)34)31-24-12-8-10-21-9-4-5-11-23(21)24/h4-18,31H,3,19H2,1-2H3. The zero-order chi connectivity index (χ0) is 24.4. The lowest BCUT2D eigenvalue weighted by Crippen LogP contribution is -2.32. The third-order valence-electron chi connectivity index (χ3n) is 6.04. The number of carbonyl (C=O) groups excluding carboxylic acids is 2. The van der Waals surface area contributed by atoms with Crippen LogP contribution in [0.1, 0.15) is 24.5 Å². The molecule has 5 rings (SSSR count). The first-order chi connectivity index (χ1) is 17.1. The molecular formula is C30H26N2O3. The molecule has 1 heterocycles. The molecule has 1 aliphatic heterocycles. The number of amides is 2. The van der Waals surface area contributed by atoms with Gasteiger partial charge in [0.1, 0.15) is 11.4 Å². The number of para-hydroxylation sites is 2. The van der Waals surface area contributed by atoms with Crippen molar-refractivity contribution in [3.05, 3.63) is 108 Å². The van der Waals surface area contributed by atoms with E-state index in [9.17, 15) is 9.59 Å². The highest BCUT2D eigenvalue weighted by atomic mass is 16.5. The minimum absolute atomic E-state index is 0.250. The summed E-state index contributed by atoms with van der Waals surface area (Å²) in [5, 5.41) is 5.33. The van der Waals surface area contributed by atoms with Crippen molar-refractivity contribution < 1.29 is 14.3 Å². The number of rotatable bonds is 7. The van der Waals surface area contributed by atoms with Crippen molar-refractivity contribution in [3.8, 4) is 5.75 Å². The summed E-state index contributed by atoms with van der Waals surface area (Å²) in [6, 6.07) is 28.6. The van der Waals surface area contributed by atoms with Crippen LogP contribution in [0.2, 0.25) is 0 Å². The highest BCUT2D eigenvalue weighted by Crippen LogP contribution is 2.38. The first-order valence-corrected chi connectivity index (χ1v) is 11.7. The van der Waals surface area contributed by atoms with Crippen LogP contribution in [0.15, 0.2) is 96.7 Å². The Balaban J connectivity index is 1.64. The van der Waals surface area contributed by atoms with Crippen LogP contribution in [0.5, 0.6) is 5.75 Å². The van der Waals surface area contributed by atoms with E-state index in [1.54, 1.807) is 18.2 Å². The van der Waals surface area contributed by atoms with Gasteiger partial charge in [0.2, 0.25) is 0 Å². The molecule has 0 atom stereocenters. The molecule has 1 aliphatic rings. The van der Waals surface area contributed by atoms with E-state index in [0.717, 1.165) is 28.4 Å². The summed E-state index contributed by atoms with van der Waals surface area (Å²) in [6.45, 7) is 4.49. The van der Waals surface area contributed by atoms with Crippen LogP contribution in [0.4, 0.5) is 11.4 Å². The van der Waals surface area contributed by atoms with Crippen molar-refractivity contribution in [3.63, 3.8) is 0 Å². The zero-order valence-corrected chi connectivity index (χ0v) is 19.7. The molecule has 0 aromatic heterocycles. The van der Waals surface area contributed by atoms with Gasteiger partial charge in [0.05, 0.1) is 17.9 Å². The van der Waals surface area contributed by atoms with Crippen molar-refractivity contribution >= 4 is 39.5 Å². The topological polar surface area (TPSA) is 58.6 Å². The number of fused-ring (bicyclic) bond motifs is 1. The number of imide groups is 1. The maximum Gasteiger partial charge on any atom is 0.282 e. The molecule has 0 radical (unpaired) electrons. The van der Waals surface area contributed by atoms with Crippen molar-refractivity contribution in [1.82, 2.24) is 0 Å². The quantitative estimate of drug-likeness (QED) is 0.326. The number of benzene rings is 4. The molecule has 0 aliphatic carbocycles. The maximum atomic E-state index is 13.9. The van der Waals surface area contributed by atoms with Crippen LogP contribution in [0, 0.1) is 6.92 Å². The average molecular weight is 463 g/mol. The molecule has 5 heteroatoms. The maximum absolute atomic E-state index is 13.9. The van der Waals surface area contributed by atoms with E-state index in [1.165, 1.54) is 4.90 Å². The summed E-state index contributed by atoms with van der Waals surface area (Å²) in [5.74, 6) is -0.286. The van der Waals surface area contributed by atoms with E-state index in [0.29, 0.717) is 29.2 Å². The van der Waals surface area contributed by atoms with Crippen molar-refractivity contribution in [1.29, 1.82) is 0 Å². The molecule has 0 spiro atoms. The molecule has 0 saturated carbocycles. The molecule has 2 amide bonds.